The van der Waals surface area contributed by atoms with Crippen LogP contribution in [0, 0.1) is 11.2 Å². The summed E-state index contributed by atoms with van der Waals surface area (Å²) < 4.78 is 14.6. The van der Waals surface area contributed by atoms with Crippen LogP contribution in [0.4, 0.5) is 10.2 Å². The SMILES string of the molecule is CCNCc1ccnc(N2CCC(CC)(CC)CC2)c1F. The van der Waals surface area contributed by atoms with Gasteiger partial charge < -0.3 is 10.2 Å². The molecule has 1 aromatic heterocycles. The Morgan fingerprint density at radius 2 is 1.90 bits per heavy atom. The standard InChI is InChI=1S/C17H28FN3/c1-4-17(5-2)8-11-21(12-9-17)16-15(18)14(7-10-20-16)13-19-6-3/h7,10,19H,4-6,8-9,11-13H2,1-3H3. The molecule has 118 valence electrons. The highest BCUT2D eigenvalue weighted by Crippen LogP contribution is 2.39. The Bertz CT molecular complexity index is 447. The molecule has 4 heteroatoms. The van der Waals surface area contributed by atoms with Crippen molar-refractivity contribution in [3.8, 4) is 0 Å². The number of anilines is 1. The van der Waals surface area contributed by atoms with Crippen LogP contribution < -0.4 is 10.2 Å². The summed E-state index contributed by atoms with van der Waals surface area (Å²) in [6.07, 6.45) is 6.44. The molecule has 1 aromatic rings. The van der Waals surface area contributed by atoms with Gasteiger partial charge in [0.1, 0.15) is 0 Å². The van der Waals surface area contributed by atoms with Crippen molar-refractivity contribution < 1.29 is 4.39 Å². The molecule has 0 unspecified atom stereocenters. The summed E-state index contributed by atoms with van der Waals surface area (Å²) in [5.41, 5.74) is 1.17. The highest BCUT2D eigenvalue weighted by molar-refractivity contribution is 5.43. The van der Waals surface area contributed by atoms with Gasteiger partial charge in [-0.25, -0.2) is 9.37 Å². The third kappa shape index (κ3) is 3.54. The summed E-state index contributed by atoms with van der Waals surface area (Å²) in [6, 6.07) is 1.77. The van der Waals surface area contributed by atoms with E-state index >= 15 is 0 Å². The second kappa shape index (κ2) is 7.21. The summed E-state index contributed by atoms with van der Waals surface area (Å²) >= 11 is 0. The molecule has 3 nitrogen and oxygen atoms in total. The fourth-order valence-corrected chi connectivity index (χ4v) is 3.24. The second-order valence-electron chi connectivity index (χ2n) is 6.08. The van der Waals surface area contributed by atoms with Gasteiger partial charge in [-0.3, -0.25) is 0 Å². The first-order valence-electron chi connectivity index (χ1n) is 8.25. The summed E-state index contributed by atoms with van der Waals surface area (Å²) in [5.74, 6) is 0.380. The highest BCUT2D eigenvalue weighted by Gasteiger charge is 2.32. The van der Waals surface area contributed by atoms with Crippen LogP contribution in [0.1, 0.15) is 52.0 Å². The van der Waals surface area contributed by atoms with Crippen molar-refractivity contribution >= 4 is 5.82 Å². The zero-order valence-corrected chi connectivity index (χ0v) is 13.6. The van der Waals surface area contributed by atoms with Crippen LogP contribution in [-0.4, -0.2) is 24.6 Å². The molecule has 0 bridgehead atoms. The lowest BCUT2D eigenvalue weighted by molar-refractivity contribution is 0.198. The quantitative estimate of drug-likeness (QED) is 0.866. The van der Waals surface area contributed by atoms with E-state index in [2.05, 4.69) is 29.0 Å². The molecule has 2 heterocycles. The minimum atomic E-state index is -0.154. The summed E-state index contributed by atoms with van der Waals surface area (Å²) in [4.78, 5) is 6.41. The number of piperidine rings is 1. The Morgan fingerprint density at radius 1 is 1.24 bits per heavy atom. The molecule has 0 spiro atoms. The predicted molar refractivity (Wildman–Crippen MR) is 86.0 cm³/mol. The van der Waals surface area contributed by atoms with E-state index in [-0.39, 0.29) is 5.82 Å². The fraction of sp³-hybridized carbons (Fsp3) is 0.706. The molecule has 0 amide bonds. The van der Waals surface area contributed by atoms with Crippen LogP contribution in [0.25, 0.3) is 0 Å². The maximum Gasteiger partial charge on any atom is 0.170 e. The molecule has 21 heavy (non-hydrogen) atoms. The lowest BCUT2D eigenvalue weighted by Gasteiger charge is -2.41. The number of nitrogens with one attached hydrogen (secondary N) is 1. The van der Waals surface area contributed by atoms with Crippen molar-refractivity contribution in [1.29, 1.82) is 0 Å². The third-order valence-electron chi connectivity index (χ3n) is 5.14. The first-order valence-corrected chi connectivity index (χ1v) is 8.25. The monoisotopic (exact) mass is 293 g/mol. The minimum Gasteiger partial charge on any atom is -0.354 e. The zero-order chi connectivity index (χ0) is 15.3. The normalized spacial score (nSPS) is 18.0. The Balaban J connectivity index is 2.10. The molecule has 0 atom stereocenters. The van der Waals surface area contributed by atoms with Gasteiger partial charge in [-0.15, -0.1) is 0 Å². The smallest absolute Gasteiger partial charge is 0.170 e. The number of nitrogens with zero attached hydrogens (tertiary/aromatic N) is 2. The van der Waals surface area contributed by atoms with E-state index in [1.165, 1.54) is 12.8 Å². The van der Waals surface area contributed by atoms with Crippen LogP contribution >= 0.6 is 0 Å². The van der Waals surface area contributed by atoms with E-state index < -0.39 is 0 Å². The first kappa shape index (κ1) is 16.2. The van der Waals surface area contributed by atoms with Crippen molar-refractivity contribution in [3.05, 3.63) is 23.6 Å². The van der Waals surface area contributed by atoms with Crippen molar-refractivity contribution in [2.45, 2.75) is 53.0 Å². The molecule has 0 aliphatic carbocycles. The van der Waals surface area contributed by atoms with Crippen molar-refractivity contribution in [2.75, 3.05) is 24.5 Å². The van der Waals surface area contributed by atoms with Crippen molar-refractivity contribution in [3.63, 3.8) is 0 Å². The summed E-state index contributed by atoms with van der Waals surface area (Å²) in [6.45, 7) is 9.81. The Hall–Kier alpha value is -1.16. The maximum absolute atomic E-state index is 14.6. The van der Waals surface area contributed by atoms with E-state index in [1.54, 1.807) is 12.3 Å². The molecule has 1 fully saturated rings. The van der Waals surface area contributed by atoms with Gasteiger partial charge in [-0.2, -0.15) is 0 Å². The van der Waals surface area contributed by atoms with Crippen LogP contribution in [0.2, 0.25) is 0 Å². The van der Waals surface area contributed by atoms with Gasteiger partial charge >= 0.3 is 0 Å². The molecule has 1 aliphatic heterocycles. The van der Waals surface area contributed by atoms with E-state index in [0.717, 1.165) is 32.5 Å². The lowest BCUT2D eigenvalue weighted by atomic mass is 9.74. The van der Waals surface area contributed by atoms with Crippen LogP contribution in [0.3, 0.4) is 0 Å². The zero-order valence-electron chi connectivity index (χ0n) is 13.6. The molecule has 0 saturated carbocycles. The van der Waals surface area contributed by atoms with Gasteiger partial charge in [0.25, 0.3) is 0 Å². The topological polar surface area (TPSA) is 28.2 Å². The van der Waals surface area contributed by atoms with E-state index in [0.29, 0.717) is 23.3 Å². The van der Waals surface area contributed by atoms with Crippen molar-refractivity contribution in [2.24, 2.45) is 5.41 Å². The van der Waals surface area contributed by atoms with E-state index in [4.69, 9.17) is 0 Å². The average molecular weight is 293 g/mol. The van der Waals surface area contributed by atoms with Crippen LogP contribution in [-0.2, 0) is 6.54 Å². The minimum absolute atomic E-state index is 0.154. The molecule has 1 saturated heterocycles. The van der Waals surface area contributed by atoms with Gasteiger partial charge in [0.15, 0.2) is 11.6 Å². The van der Waals surface area contributed by atoms with Gasteiger partial charge in [-0.05, 0) is 30.9 Å². The number of hydrogen-bond acceptors (Lipinski definition) is 3. The second-order valence-corrected chi connectivity index (χ2v) is 6.08. The molecule has 1 aliphatic rings. The van der Waals surface area contributed by atoms with Gasteiger partial charge in [0.05, 0.1) is 0 Å². The third-order valence-corrected chi connectivity index (χ3v) is 5.14. The largest absolute Gasteiger partial charge is 0.354 e. The van der Waals surface area contributed by atoms with Gasteiger partial charge in [-0.1, -0.05) is 33.6 Å². The van der Waals surface area contributed by atoms with Gasteiger partial charge in [0, 0.05) is 31.4 Å². The lowest BCUT2D eigenvalue weighted by Crippen LogP contribution is -2.40. The number of halogens is 1. The predicted octanol–water partition coefficient (Wildman–Crippen LogP) is 3.74. The molecular formula is C17H28FN3. The maximum atomic E-state index is 14.6. The van der Waals surface area contributed by atoms with Gasteiger partial charge in [0.2, 0.25) is 0 Å². The van der Waals surface area contributed by atoms with Crippen molar-refractivity contribution in [1.82, 2.24) is 10.3 Å². The highest BCUT2D eigenvalue weighted by atomic mass is 19.1. The van der Waals surface area contributed by atoms with E-state index in [1.807, 2.05) is 6.92 Å². The Kier molecular flexibility index (Phi) is 5.57. The summed E-state index contributed by atoms with van der Waals surface area (Å²) in [7, 11) is 0. The Morgan fingerprint density at radius 3 is 2.48 bits per heavy atom. The number of rotatable bonds is 6. The van der Waals surface area contributed by atoms with Crippen LogP contribution in [0.15, 0.2) is 12.3 Å². The number of hydrogen-bond donors (Lipinski definition) is 1. The molecule has 2 rings (SSSR count). The van der Waals surface area contributed by atoms with Crippen LogP contribution in [0.5, 0.6) is 0 Å². The molecule has 0 radical (unpaired) electrons. The number of pyridine rings is 1. The van der Waals surface area contributed by atoms with E-state index in [9.17, 15) is 4.39 Å². The average Bonchev–Trinajstić information content (AvgIpc) is 2.54. The molecule has 0 aromatic carbocycles. The molecule has 1 N–H and O–H groups in total. The number of aromatic nitrogens is 1. The molecular weight excluding hydrogens is 265 g/mol. The summed E-state index contributed by atoms with van der Waals surface area (Å²) in [5, 5.41) is 3.18. The first-order chi connectivity index (χ1) is 10.2. The Labute approximate surface area is 127 Å². The fourth-order valence-electron chi connectivity index (χ4n) is 3.24.